The van der Waals surface area contributed by atoms with Gasteiger partial charge in [-0.3, -0.25) is 9.79 Å². The van der Waals surface area contributed by atoms with Gasteiger partial charge in [0.25, 0.3) is 0 Å². The Hall–Kier alpha value is -2.68. The number of carbonyl (C=O) groups is 1. The molecule has 2 aromatic rings. The van der Waals surface area contributed by atoms with E-state index in [1.54, 1.807) is 4.90 Å². The fourth-order valence-electron chi connectivity index (χ4n) is 2.81. The third-order valence-corrected chi connectivity index (χ3v) is 4.10. The maximum Gasteiger partial charge on any atom is 0.214 e. The van der Waals surface area contributed by atoms with Gasteiger partial charge in [-0.1, -0.05) is 62.4 Å². The molecule has 2 aliphatic heterocycles. The molecule has 3 nitrogen and oxygen atoms in total. The van der Waals surface area contributed by atoms with Crippen LogP contribution in [0.1, 0.15) is 25.0 Å². The van der Waals surface area contributed by atoms with Gasteiger partial charge in [0, 0.05) is 18.2 Å². The molecule has 2 aliphatic rings. The average Bonchev–Trinajstić information content (AvgIpc) is 2.91. The number of fused-ring (bicyclic) bond motifs is 2. The van der Waals surface area contributed by atoms with Crippen molar-refractivity contribution < 1.29 is 4.79 Å². The Morgan fingerprint density at radius 3 is 2.61 bits per heavy atom. The normalized spacial score (nSPS) is 16.2. The van der Waals surface area contributed by atoms with Crippen molar-refractivity contribution >= 4 is 30.1 Å². The van der Waals surface area contributed by atoms with Gasteiger partial charge in [-0.2, -0.15) is 0 Å². The Kier molecular flexibility index (Phi) is 4.11. The fraction of sp³-hybridized carbons (Fsp3) is 0.200. The van der Waals surface area contributed by atoms with E-state index >= 15 is 0 Å². The molecular weight excluding hydrogens is 284 g/mol. The lowest BCUT2D eigenvalue weighted by Gasteiger charge is -2.21. The lowest BCUT2D eigenvalue weighted by Crippen LogP contribution is -2.23. The van der Waals surface area contributed by atoms with Crippen LogP contribution < -0.4 is 4.90 Å². The second kappa shape index (κ2) is 6.21. The van der Waals surface area contributed by atoms with Gasteiger partial charge in [-0.25, -0.2) is 0 Å². The lowest BCUT2D eigenvalue weighted by atomic mass is 9.87. The van der Waals surface area contributed by atoms with Crippen LogP contribution in [0, 0.1) is 0 Å². The van der Waals surface area contributed by atoms with E-state index in [4.69, 9.17) is 0 Å². The van der Waals surface area contributed by atoms with E-state index in [0.717, 1.165) is 23.3 Å². The van der Waals surface area contributed by atoms with Crippen molar-refractivity contribution in [3.63, 3.8) is 0 Å². The smallest absolute Gasteiger partial charge is 0.214 e. The zero-order chi connectivity index (χ0) is 16.3. The summed E-state index contributed by atoms with van der Waals surface area (Å²) in [5, 5.41) is 0. The van der Waals surface area contributed by atoms with Crippen LogP contribution in [0.25, 0.3) is 6.08 Å². The van der Waals surface area contributed by atoms with Gasteiger partial charge < -0.3 is 4.90 Å². The Bertz CT molecular complexity index is 775. The Balaban J connectivity index is 0.000000136. The molecule has 3 heteroatoms. The summed E-state index contributed by atoms with van der Waals surface area (Å²) >= 11 is 0. The van der Waals surface area contributed by atoms with Crippen LogP contribution in [-0.2, 0) is 10.2 Å². The number of carbonyl (C=O) groups excluding carboxylic acids is 1. The number of rotatable bonds is 1. The third kappa shape index (κ3) is 3.09. The molecule has 1 amide bonds. The van der Waals surface area contributed by atoms with E-state index in [2.05, 4.69) is 37.0 Å². The molecule has 0 unspecified atom stereocenters. The van der Waals surface area contributed by atoms with Crippen molar-refractivity contribution in [2.24, 2.45) is 4.99 Å². The van der Waals surface area contributed by atoms with Crippen molar-refractivity contribution in [3.8, 4) is 0 Å². The van der Waals surface area contributed by atoms with Gasteiger partial charge >= 0.3 is 0 Å². The summed E-state index contributed by atoms with van der Waals surface area (Å²) in [5.41, 5.74) is 4.69. The van der Waals surface area contributed by atoms with Crippen molar-refractivity contribution in [1.29, 1.82) is 0 Å². The highest BCUT2D eigenvalue weighted by Gasteiger charge is 2.25. The topological polar surface area (TPSA) is 32.7 Å². The van der Waals surface area contributed by atoms with Crippen molar-refractivity contribution in [3.05, 3.63) is 65.7 Å². The first-order valence-corrected chi connectivity index (χ1v) is 7.74. The number of hydrogen-bond acceptors (Lipinski definition) is 2. The number of hydrogen-bond donors (Lipinski definition) is 0. The number of para-hydroxylation sites is 2. The van der Waals surface area contributed by atoms with E-state index in [1.807, 2.05) is 48.7 Å². The summed E-state index contributed by atoms with van der Waals surface area (Å²) in [6.07, 6.45) is 6.89. The first-order valence-electron chi connectivity index (χ1n) is 7.74. The molecule has 116 valence electrons. The summed E-state index contributed by atoms with van der Waals surface area (Å²) in [7, 11) is 0. The van der Waals surface area contributed by atoms with E-state index in [0.29, 0.717) is 6.54 Å². The molecule has 0 aliphatic carbocycles. The van der Waals surface area contributed by atoms with Crippen molar-refractivity contribution in [2.75, 3.05) is 11.4 Å². The minimum atomic E-state index is 0.136. The second-order valence-electron chi connectivity index (χ2n) is 6.22. The van der Waals surface area contributed by atoms with Gasteiger partial charge in [-0.05, 0) is 23.3 Å². The minimum Gasteiger partial charge on any atom is -0.311 e. The molecule has 23 heavy (non-hydrogen) atoms. The molecule has 0 N–H and O–H groups in total. The van der Waals surface area contributed by atoms with Crippen molar-refractivity contribution in [2.45, 2.75) is 19.3 Å². The first kappa shape index (κ1) is 15.2. The molecular formula is C20H20N2O. The van der Waals surface area contributed by atoms with Crippen LogP contribution in [0.2, 0.25) is 0 Å². The van der Waals surface area contributed by atoms with Gasteiger partial charge in [0.15, 0.2) is 0 Å². The molecule has 0 aromatic heterocycles. The summed E-state index contributed by atoms with van der Waals surface area (Å²) in [4.78, 5) is 16.6. The monoisotopic (exact) mass is 304 g/mol. The maximum atomic E-state index is 10.6. The molecule has 0 spiro atoms. The summed E-state index contributed by atoms with van der Waals surface area (Å²) in [6.45, 7) is 5.05. The molecule has 2 heterocycles. The third-order valence-electron chi connectivity index (χ3n) is 4.10. The molecule has 0 bridgehead atoms. The zero-order valence-corrected chi connectivity index (χ0v) is 13.4. The number of aliphatic imine (C=N–C) groups is 1. The number of benzene rings is 2. The van der Waals surface area contributed by atoms with Crippen LogP contribution in [-0.4, -0.2) is 19.2 Å². The van der Waals surface area contributed by atoms with E-state index in [9.17, 15) is 4.79 Å². The van der Waals surface area contributed by atoms with Crippen LogP contribution in [0.5, 0.6) is 0 Å². The highest BCUT2D eigenvalue weighted by molar-refractivity contribution is 5.84. The van der Waals surface area contributed by atoms with Gasteiger partial charge in [0.2, 0.25) is 6.41 Å². The van der Waals surface area contributed by atoms with E-state index in [-0.39, 0.29) is 5.41 Å². The lowest BCUT2D eigenvalue weighted by molar-refractivity contribution is -0.107. The largest absolute Gasteiger partial charge is 0.311 e. The van der Waals surface area contributed by atoms with Crippen LogP contribution in [0.4, 0.5) is 11.4 Å². The number of nitrogens with zero attached hydrogens (tertiary/aromatic N) is 2. The Morgan fingerprint density at radius 1 is 1.09 bits per heavy atom. The van der Waals surface area contributed by atoms with Crippen molar-refractivity contribution in [1.82, 2.24) is 0 Å². The molecule has 0 saturated carbocycles. The SMILES string of the molecule is CC1(C)C=Nc2ccccc21.O=CN1CC=Cc2ccccc21. The summed E-state index contributed by atoms with van der Waals surface area (Å²) in [5.74, 6) is 0. The van der Waals surface area contributed by atoms with E-state index < -0.39 is 0 Å². The molecule has 0 radical (unpaired) electrons. The highest BCUT2D eigenvalue weighted by atomic mass is 16.1. The first-order chi connectivity index (χ1) is 11.1. The molecule has 2 aromatic carbocycles. The van der Waals surface area contributed by atoms with E-state index in [1.165, 1.54) is 5.56 Å². The quantitative estimate of drug-likeness (QED) is 0.721. The Labute approximate surface area is 137 Å². The maximum absolute atomic E-state index is 10.6. The highest BCUT2D eigenvalue weighted by Crippen LogP contribution is 2.35. The standard InChI is InChI=1S/C10H9NO.C10H11N/c12-8-11-7-3-5-9-4-1-2-6-10(9)11;1-10(2)7-11-9-6-4-3-5-8(9)10/h1-6,8H,7H2;3-7H,1-2H3. The van der Waals surface area contributed by atoms with Gasteiger partial charge in [0.05, 0.1) is 11.4 Å². The predicted octanol–water partition coefficient (Wildman–Crippen LogP) is 4.36. The minimum absolute atomic E-state index is 0.136. The predicted molar refractivity (Wildman–Crippen MR) is 96.5 cm³/mol. The summed E-state index contributed by atoms with van der Waals surface area (Å²) in [6, 6.07) is 16.1. The van der Waals surface area contributed by atoms with Crippen LogP contribution in [0.3, 0.4) is 0 Å². The number of anilines is 1. The second-order valence-corrected chi connectivity index (χ2v) is 6.22. The Morgan fingerprint density at radius 2 is 1.83 bits per heavy atom. The molecule has 0 fully saturated rings. The van der Waals surface area contributed by atoms with Crippen LogP contribution in [0.15, 0.2) is 59.6 Å². The van der Waals surface area contributed by atoms with Crippen LogP contribution >= 0.6 is 0 Å². The number of amides is 1. The van der Waals surface area contributed by atoms with Gasteiger partial charge in [-0.15, -0.1) is 0 Å². The average molecular weight is 304 g/mol. The zero-order valence-electron chi connectivity index (χ0n) is 13.4. The molecule has 4 rings (SSSR count). The fourth-order valence-corrected chi connectivity index (χ4v) is 2.81. The molecule has 0 atom stereocenters. The summed E-state index contributed by atoms with van der Waals surface area (Å²) < 4.78 is 0. The molecule has 0 saturated heterocycles. The van der Waals surface area contributed by atoms with Gasteiger partial charge in [0.1, 0.15) is 0 Å².